The number of fused-ring (bicyclic) bond motifs is 2. The zero-order valence-electron chi connectivity index (χ0n) is 14.8. The SMILES string of the molecule is COc1ccnn2ccc(-c3cnc4nc(C)n(CC5CNC5)c4c3)c12. The van der Waals surface area contributed by atoms with Gasteiger partial charge < -0.3 is 14.6 Å². The fraction of sp³-hybridized carbons (Fsp3) is 0.316. The third kappa shape index (κ3) is 2.28. The summed E-state index contributed by atoms with van der Waals surface area (Å²) in [5.41, 5.74) is 4.92. The molecule has 1 saturated heterocycles. The highest BCUT2D eigenvalue weighted by molar-refractivity contribution is 5.88. The Balaban J connectivity index is 1.67. The quantitative estimate of drug-likeness (QED) is 0.613. The highest BCUT2D eigenvalue weighted by atomic mass is 16.5. The van der Waals surface area contributed by atoms with E-state index in [1.807, 2.05) is 29.9 Å². The van der Waals surface area contributed by atoms with Gasteiger partial charge in [-0.15, -0.1) is 0 Å². The first-order valence-electron chi connectivity index (χ1n) is 8.79. The maximum atomic E-state index is 5.53. The lowest BCUT2D eigenvalue weighted by atomic mass is 10.0. The van der Waals surface area contributed by atoms with Crippen LogP contribution in [0.15, 0.2) is 36.8 Å². The number of aryl methyl sites for hydroxylation is 1. The van der Waals surface area contributed by atoms with Crippen LogP contribution in [0, 0.1) is 12.8 Å². The van der Waals surface area contributed by atoms with Crippen LogP contribution in [0.2, 0.25) is 0 Å². The lowest BCUT2D eigenvalue weighted by Gasteiger charge is -2.28. The van der Waals surface area contributed by atoms with E-state index in [1.54, 1.807) is 13.3 Å². The zero-order chi connectivity index (χ0) is 17.7. The molecule has 5 rings (SSSR count). The number of nitrogens with one attached hydrogen (secondary N) is 1. The average molecular weight is 348 g/mol. The second kappa shape index (κ2) is 5.81. The average Bonchev–Trinajstić information content (AvgIpc) is 3.18. The number of imidazole rings is 1. The van der Waals surface area contributed by atoms with Crippen LogP contribution in [0.5, 0.6) is 5.75 Å². The molecule has 0 spiro atoms. The number of methoxy groups -OCH3 is 1. The van der Waals surface area contributed by atoms with Crippen molar-refractivity contribution in [1.29, 1.82) is 0 Å². The predicted molar refractivity (Wildman–Crippen MR) is 99.4 cm³/mol. The van der Waals surface area contributed by atoms with E-state index in [1.165, 1.54) is 0 Å². The van der Waals surface area contributed by atoms with Crippen molar-refractivity contribution in [3.8, 4) is 16.9 Å². The molecule has 0 saturated carbocycles. The molecule has 5 heterocycles. The van der Waals surface area contributed by atoms with Crippen molar-refractivity contribution < 1.29 is 4.74 Å². The number of nitrogens with zero attached hydrogens (tertiary/aromatic N) is 5. The molecule has 4 aromatic heterocycles. The van der Waals surface area contributed by atoms with E-state index in [-0.39, 0.29) is 0 Å². The summed E-state index contributed by atoms with van der Waals surface area (Å²) in [6.45, 7) is 5.16. The standard InChI is InChI=1S/C19H20N6O/c1-12-23-19-16(24(12)11-13-8-20-9-13)7-14(10-21-19)15-4-6-25-18(15)17(26-2)3-5-22-25/h3-7,10,13,20H,8-9,11H2,1-2H3. The van der Waals surface area contributed by atoms with Crippen LogP contribution < -0.4 is 10.1 Å². The van der Waals surface area contributed by atoms with E-state index < -0.39 is 0 Å². The van der Waals surface area contributed by atoms with Gasteiger partial charge in [0.2, 0.25) is 0 Å². The summed E-state index contributed by atoms with van der Waals surface area (Å²) >= 11 is 0. The first kappa shape index (κ1) is 15.3. The molecule has 1 N–H and O–H groups in total. The molecule has 1 aliphatic heterocycles. The highest BCUT2D eigenvalue weighted by Gasteiger charge is 2.20. The van der Waals surface area contributed by atoms with Crippen molar-refractivity contribution in [2.45, 2.75) is 13.5 Å². The zero-order valence-corrected chi connectivity index (χ0v) is 14.8. The van der Waals surface area contributed by atoms with Gasteiger partial charge in [-0.05, 0) is 19.1 Å². The molecule has 132 valence electrons. The lowest BCUT2D eigenvalue weighted by Crippen LogP contribution is -2.44. The largest absolute Gasteiger partial charge is 0.494 e. The van der Waals surface area contributed by atoms with Gasteiger partial charge in [0.15, 0.2) is 5.65 Å². The van der Waals surface area contributed by atoms with Gasteiger partial charge in [-0.3, -0.25) is 0 Å². The van der Waals surface area contributed by atoms with Gasteiger partial charge in [0.05, 0.1) is 18.8 Å². The molecule has 4 aromatic rings. The van der Waals surface area contributed by atoms with Crippen molar-refractivity contribution in [2.75, 3.05) is 20.2 Å². The van der Waals surface area contributed by atoms with E-state index in [2.05, 4.69) is 37.1 Å². The Morgan fingerprint density at radius 3 is 2.96 bits per heavy atom. The molecule has 7 heteroatoms. The lowest BCUT2D eigenvalue weighted by molar-refractivity contribution is 0.308. The molecule has 0 aliphatic carbocycles. The Kier molecular flexibility index (Phi) is 3.43. The highest BCUT2D eigenvalue weighted by Crippen LogP contribution is 2.32. The topological polar surface area (TPSA) is 69.3 Å². The van der Waals surface area contributed by atoms with Crippen LogP contribution in [0.3, 0.4) is 0 Å². The summed E-state index contributed by atoms with van der Waals surface area (Å²) in [7, 11) is 1.68. The fourth-order valence-electron chi connectivity index (χ4n) is 3.65. The minimum atomic E-state index is 0.661. The third-order valence-electron chi connectivity index (χ3n) is 5.15. The summed E-state index contributed by atoms with van der Waals surface area (Å²) in [6.07, 6.45) is 5.56. The van der Waals surface area contributed by atoms with Crippen LogP contribution >= 0.6 is 0 Å². The molecule has 1 fully saturated rings. The summed E-state index contributed by atoms with van der Waals surface area (Å²) in [5, 5.41) is 7.70. The minimum absolute atomic E-state index is 0.661. The Bertz CT molecular complexity index is 1110. The predicted octanol–water partition coefficient (Wildman–Crippen LogP) is 2.28. The Morgan fingerprint density at radius 2 is 2.19 bits per heavy atom. The normalized spacial score (nSPS) is 14.8. The summed E-state index contributed by atoms with van der Waals surface area (Å²) in [6, 6.07) is 6.11. The van der Waals surface area contributed by atoms with Crippen LogP contribution in [0.4, 0.5) is 0 Å². The van der Waals surface area contributed by atoms with Crippen LogP contribution in [0.25, 0.3) is 27.8 Å². The molecule has 7 nitrogen and oxygen atoms in total. The molecule has 26 heavy (non-hydrogen) atoms. The minimum Gasteiger partial charge on any atom is -0.494 e. The van der Waals surface area contributed by atoms with Gasteiger partial charge >= 0.3 is 0 Å². The van der Waals surface area contributed by atoms with Gasteiger partial charge in [0, 0.05) is 55.1 Å². The van der Waals surface area contributed by atoms with Gasteiger partial charge in [-0.1, -0.05) is 0 Å². The summed E-state index contributed by atoms with van der Waals surface area (Å²) in [4.78, 5) is 9.25. The maximum Gasteiger partial charge on any atom is 0.177 e. The van der Waals surface area contributed by atoms with Gasteiger partial charge in [0.25, 0.3) is 0 Å². The van der Waals surface area contributed by atoms with Crippen molar-refractivity contribution in [1.82, 2.24) is 29.5 Å². The number of rotatable bonds is 4. The second-order valence-electron chi connectivity index (χ2n) is 6.78. The molecular weight excluding hydrogens is 328 g/mol. The molecule has 0 unspecified atom stereocenters. The number of hydrogen-bond acceptors (Lipinski definition) is 5. The van der Waals surface area contributed by atoms with Gasteiger partial charge in [-0.25, -0.2) is 14.5 Å². The van der Waals surface area contributed by atoms with Crippen molar-refractivity contribution in [2.24, 2.45) is 5.92 Å². The van der Waals surface area contributed by atoms with Crippen LogP contribution in [-0.2, 0) is 6.54 Å². The van der Waals surface area contributed by atoms with Crippen molar-refractivity contribution >= 4 is 16.7 Å². The van der Waals surface area contributed by atoms with E-state index in [0.717, 1.165) is 59.0 Å². The van der Waals surface area contributed by atoms with E-state index in [4.69, 9.17) is 4.74 Å². The summed E-state index contributed by atoms with van der Waals surface area (Å²) in [5.74, 6) is 2.47. The monoisotopic (exact) mass is 348 g/mol. The maximum absolute atomic E-state index is 5.53. The molecule has 0 bridgehead atoms. The molecule has 0 aromatic carbocycles. The molecule has 0 radical (unpaired) electrons. The van der Waals surface area contributed by atoms with Gasteiger partial charge in [0.1, 0.15) is 17.1 Å². The first-order valence-corrected chi connectivity index (χ1v) is 8.79. The van der Waals surface area contributed by atoms with E-state index in [9.17, 15) is 0 Å². The third-order valence-corrected chi connectivity index (χ3v) is 5.15. The number of aromatic nitrogens is 5. The molecule has 0 amide bonds. The van der Waals surface area contributed by atoms with Gasteiger partial charge in [-0.2, -0.15) is 5.10 Å². The number of pyridine rings is 1. The fourth-order valence-corrected chi connectivity index (χ4v) is 3.65. The first-order chi connectivity index (χ1) is 12.7. The Labute approximate surface area is 150 Å². The molecule has 0 atom stereocenters. The number of hydrogen-bond donors (Lipinski definition) is 1. The smallest absolute Gasteiger partial charge is 0.177 e. The van der Waals surface area contributed by atoms with Crippen molar-refractivity contribution in [3.63, 3.8) is 0 Å². The van der Waals surface area contributed by atoms with Crippen molar-refractivity contribution in [3.05, 3.63) is 42.6 Å². The van der Waals surface area contributed by atoms with E-state index in [0.29, 0.717) is 5.92 Å². The Morgan fingerprint density at radius 1 is 1.31 bits per heavy atom. The van der Waals surface area contributed by atoms with Crippen LogP contribution in [-0.4, -0.2) is 44.3 Å². The Hall–Kier alpha value is -2.93. The summed E-state index contributed by atoms with van der Waals surface area (Å²) < 4.78 is 9.65. The van der Waals surface area contributed by atoms with E-state index >= 15 is 0 Å². The molecule has 1 aliphatic rings. The number of ether oxygens (including phenoxy) is 1. The van der Waals surface area contributed by atoms with Crippen LogP contribution in [0.1, 0.15) is 5.82 Å². The molecular formula is C19H20N6O. The second-order valence-corrected chi connectivity index (χ2v) is 6.78.